The molecule has 0 aliphatic rings. The molecule has 1 atom stereocenters. The Labute approximate surface area is 57.4 Å². The second-order valence-corrected chi connectivity index (χ2v) is 2.55. The molecular weight excluding hydrogens is 114 g/mol. The Hall–Kier alpha value is -0.0800. The highest BCUT2D eigenvalue weighted by Gasteiger charge is 1.99. The molecular formula is C7H17NO. The van der Waals surface area contributed by atoms with Crippen LogP contribution in [0.25, 0.3) is 0 Å². The molecule has 0 bridgehead atoms. The van der Waals surface area contributed by atoms with E-state index in [1.807, 2.05) is 13.8 Å². The summed E-state index contributed by atoms with van der Waals surface area (Å²) in [5.74, 6) is 0. The van der Waals surface area contributed by atoms with Crippen LogP contribution in [0.5, 0.6) is 0 Å². The maximum Gasteiger partial charge on any atom is 0.0620 e. The van der Waals surface area contributed by atoms with Gasteiger partial charge in [-0.1, -0.05) is 6.92 Å². The van der Waals surface area contributed by atoms with Gasteiger partial charge >= 0.3 is 0 Å². The van der Waals surface area contributed by atoms with Crippen LogP contribution in [0.2, 0.25) is 0 Å². The molecule has 0 aliphatic heterocycles. The number of ether oxygens (including phenoxy) is 1. The smallest absolute Gasteiger partial charge is 0.0620 e. The molecule has 0 aromatic heterocycles. The van der Waals surface area contributed by atoms with E-state index in [9.17, 15) is 0 Å². The fourth-order valence-corrected chi connectivity index (χ4v) is 0.434. The maximum atomic E-state index is 5.60. The predicted octanol–water partition coefficient (Wildman–Crippen LogP) is 1.15. The molecule has 0 spiro atoms. The van der Waals surface area contributed by atoms with E-state index >= 15 is 0 Å². The number of hydrogen-bond acceptors (Lipinski definition) is 2. The molecule has 2 N–H and O–H groups in total. The monoisotopic (exact) mass is 131 g/mol. The summed E-state index contributed by atoms with van der Waals surface area (Å²) < 4.78 is 5.27. The highest BCUT2D eigenvalue weighted by molar-refractivity contribution is 4.55. The van der Waals surface area contributed by atoms with Crippen molar-refractivity contribution in [3.63, 3.8) is 0 Å². The van der Waals surface area contributed by atoms with Crippen molar-refractivity contribution in [1.29, 1.82) is 0 Å². The summed E-state index contributed by atoms with van der Waals surface area (Å²) in [6, 6.07) is 0.215. The maximum absolute atomic E-state index is 5.60. The fourth-order valence-electron chi connectivity index (χ4n) is 0.434. The topological polar surface area (TPSA) is 35.2 Å². The van der Waals surface area contributed by atoms with Gasteiger partial charge in [0.1, 0.15) is 0 Å². The van der Waals surface area contributed by atoms with Gasteiger partial charge in [-0.3, -0.25) is 0 Å². The Morgan fingerprint density at radius 3 is 2.33 bits per heavy atom. The van der Waals surface area contributed by atoms with E-state index in [1.165, 1.54) is 0 Å². The molecule has 0 heterocycles. The summed E-state index contributed by atoms with van der Waals surface area (Å²) in [7, 11) is 0. The van der Waals surface area contributed by atoms with Crippen LogP contribution in [-0.4, -0.2) is 18.8 Å². The molecule has 0 radical (unpaired) electrons. The van der Waals surface area contributed by atoms with Gasteiger partial charge in [0.25, 0.3) is 0 Å². The van der Waals surface area contributed by atoms with E-state index in [2.05, 4.69) is 6.92 Å². The van der Waals surface area contributed by atoms with E-state index in [1.54, 1.807) is 0 Å². The number of nitrogens with two attached hydrogens (primary N) is 1. The highest BCUT2D eigenvalue weighted by atomic mass is 16.5. The molecule has 9 heavy (non-hydrogen) atoms. The third-order valence-electron chi connectivity index (χ3n) is 1.17. The first-order chi connectivity index (χ1) is 4.16. The Bertz CT molecular complexity index is 63.9. The predicted molar refractivity (Wildman–Crippen MR) is 39.4 cm³/mol. The van der Waals surface area contributed by atoms with E-state index in [4.69, 9.17) is 10.5 Å². The van der Waals surface area contributed by atoms with Gasteiger partial charge < -0.3 is 10.5 Å². The van der Waals surface area contributed by atoms with Crippen LogP contribution < -0.4 is 5.73 Å². The SMILES string of the molecule is CCC(N)COC(C)C. The van der Waals surface area contributed by atoms with Crippen LogP contribution in [0.3, 0.4) is 0 Å². The molecule has 56 valence electrons. The molecule has 0 amide bonds. The summed E-state index contributed by atoms with van der Waals surface area (Å²) >= 11 is 0. The average molecular weight is 131 g/mol. The van der Waals surface area contributed by atoms with Crippen molar-refractivity contribution < 1.29 is 4.74 Å². The number of hydrogen-bond donors (Lipinski definition) is 1. The Morgan fingerprint density at radius 2 is 2.00 bits per heavy atom. The quantitative estimate of drug-likeness (QED) is 0.621. The van der Waals surface area contributed by atoms with Crippen molar-refractivity contribution in [2.24, 2.45) is 5.73 Å². The minimum absolute atomic E-state index is 0.215. The summed E-state index contributed by atoms with van der Waals surface area (Å²) in [4.78, 5) is 0. The van der Waals surface area contributed by atoms with Gasteiger partial charge in [-0.05, 0) is 20.3 Å². The lowest BCUT2D eigenvalue weighted by atomic mass is 10.3. The molecule has 2 heteroatoms. The van der Waals surface area contributed by atoms with E-state index in [0.717, 1.165) is 6.42 Å². The van der Waals surface area contributed by atoms with Crippen LogP contribution >= 0.6 is 0 Å². The molecule has 0 saturated heterocycles. The van der Waals surface area contributed by atoms with Crippen molar-refractivity contribution in [1.82, 2.24) is 0 Å². The summed E-state index contributed by atoms with van der Waals surface area (Å²) in [5, 5.41) is 0. The van der Waals surface area contributed by atoms with Crippen molar-refractivity contribution in [3.05, 3.63) is 0 Å². The Kier molecular flexibility index (Phi) is 4.72. The van der Waals surface area contributed by atoms with Gasteiger partial charge in [-0.2, -0.15) is 0 Å². The zero-order chi connectivity index (χ0) is 7.28. The highest BCUT2D eigenvalue weighted by Crippen LogP contribution is 1.91. The summed E-state index contributed by atoms with van der Waals surface area (Å²) in [6.45, 7) is 6.78. The lowest BCUT2D eigenvalue weighted by Gasteiger charge is -2.11. The number of rotatable bonds is 4. The van der Waals surface area contributed by atoms with Gasteiger partial charge in [0.05, 0.1) is 12.7 Å². The second-order valence-electron chi connectivity index (χ2n) is 2.55. The van der Waals surface area contributed by atoms with Crippen LogP contribution in [0.15, 0.2) is 0 Å². The van der Waals surface area contributed by atoms with Crippen LogP contribution in [-0.2, 0) is 4.74 Å². The fraction of sp³-hybridized carbons (Fsp3) is 1.00. The zero-order valence-corrected chi connectivity index (χ0v) is 6.55. The minimum atomic E-state index is 0.215. The third-order valence-corrected chi connectivity index (χ3v) is 1.17. The van der Waals surface area contributed by atoms with Crippen molar-refractivity contribution in [3.8, 4) is 0 Å². The summed E-state index contributed by atoms with van der Waals surface area (Å²) in [5.41, 5.74) is 5.60. The third kappa shape index (κ3) is 5.80. The molecule has 0 fully saturated rings. The zero-order valence-electron chi connectivity index (χ0n) is 6.55. The second kappa shape index (κ2) is 4.77. The molecule has 2 nitrogen and oxygen atoms in total. The van der Waals surface area contributed by atoms with E-state index in [-0.39, 0.29) is 6.04 Å². The van der Waals surface area contributed by atoms with Gasteiger partial charge in [0, 0.05) is 6.04 Å². The first kappa shape index (κ1) is 8.92. The van der Waals surface area contributed by atoms with Crippen molar-refractivity contribution in [2.45, 2.75) is 39.3 Å². The molecule has 0 aromatic carbocycles. The van der Waals surface area contributed by atoms with E-state index < -0.39 is 0 Å². The van der Waals surface area contributed by atoms with Gasteiger partial charge in [-0.25, -0.2) is 0 Å². The van der Waals surface area contributed by atoms with Crippen molar-refractivity contribution >= 4 is 0 Å². The van der Waals surface area contributed by atoms with Crippen molar-refractivity contribution in [2.75, 3.05) is 6.61 Å². The lowest BCUT2D eigenvalue weighted by molar-refractivity contribution is 0.0678. The Balaban J connectivity index is 3.06. The minimum Gasteiger partial charge on any atom is -0.377 e. The van der Waals surface area contributed by atoms with Gasteiger partial charge in [-0.15, -0.1) is 0 Å². The standard InChI is InChI=1S/C7H17NO/c1-4-7(8)5-9-6(2)3/h6-7H,4-5,8H2,1-3H3. The summed E-state index contributed by atoms with van der Waals surface area (Å²) in [6.07, 6.45) is 1.30. The largest absolute Gasteiger partial charge is 0.377 e. The molecule has 0 aliphatic carbocycles. The molecule has 0 rings (SSSR count). The van der Waals surface area contributed by atoms with Crippen LogP contribution in [0.1, 0.15) is 27.2 Å². The lowest BCUT2D eigenvalue weighted by Crippen LogP contribution is -2.26. The van der Waals surface area contributed by atoms with Crippen LogP contribution in [0, 0.1) is 0 Å². The normalized spacial score (nSPS) is 14.3. The molecule has 0 aromatic rings. The van der Waals surface area contributed by atoms with Crippen LogP contribution in [0.4, 0.5) is 0 Å². The Morgan fingerprint density at radius 1 is 1.44 bits per heavy atom. The van der Waals surface area contributed by atoms with Gasteiger partial charge in [0.2, 0.25) is 0 Å². The molecule has 1 unspecified atom stereocenters. The molecule has 0 saturated carbocycles. The first-order valence-corrected chi connectivity index (χ1v) is 3.54. The average Bonchev–Trinajstić information content (AvgIpc) is 1.83. The first-order valence-electron chi connectivity index (χ1n) is 3.54. The van der Waals surface area contributed by atoms with E-state index in [0.29, 0.717) is 12.7 Å². The van der Waals surface area contributed by atoms with Gasteiger partial charge in [0.15, 0.2) is 0 Å².